The fourth-order valence-corrected chi connectivity index (χ4v) is 1.34. The summed E-state index contributed by atoms with van der Waals surface area (Å²) in [6.45, 7) is 2.10. The van der Waals surface area contributed by atoms with Gasteiger partial charge in [-0.3, -0.25) is 0 Å². The standard InChI is InChI=1S/C11H11FN2/c1-11(4-5-11)14-9-3-2-8(7-13)10(12)6-9/h2-3,6,14H,4-5H2,1H3. The second kappa shape index (κ2) is 2.98. The molecule has 2 rings (SSSR count). The first-order valence-corrected chi connectivity index (χ1v) is 4.61. The molecule has 0 saturated heterocycles. The van der Waals surface area contributed by atoms with Gasteiger partial charge in [-0.05, 0) is 38.0 Å². The van der Waals surface area contributed by atoms with Crippen LogP contribution in [0.2, 0.25) is 0 Å². The summed E-state index contributed by atoms with van der Waals surface area (Å²) in [4.78, 5) is 0. The average Bonchev–Trinajstić information content (AvgIpc) is 2.84. The molecule has 1 N–H and O–H groups in total. The van der Waals surface area contributed by atoms with Gasteiger partial charge in [0.1, 0.15) is 11.9 Å². The van der Waals surface area contributed by atoms with E-state index in [1.165, 1.54) is 12.1 Å². The van der Waals surface area contributed by atoms with Crippen molar-refractivity contribution in [2.45, 2.75) is 25.3 Å². The molecule has 1 fully saturated rings. The van der Waals surface area contributed by atoms with Gasteiger partial charge in [-0.25, -0.2) is 4.39 Å². The number of nitriles is 1. The molecule has 1 aliphatic rings. The number of hydrogen-bond acceptors (Lipinski definition) is 2. The first kappa shape index (κ1) is 9.01. The van der Waals surface area contributed by atoms with Crippen LogP contribution >= 0.6 is 0 Å². The van der Waals surface area contributed by atoms with Crippen molar-refractivity contribution in [2.75, 3.05) is 5.32 Å². The van der Waals surface area contributed by atoms with Crippen molar-refractivity contribution >= 4 is 5.69 Å². The molecular formula is C11H11FN2. The Labute approximate surface area is 82.4 Å². The van der Waals surface area contributed by atoms with Crippen molar-refractivity contribution in [1.29, 1.82) is 5.26 Å². The molecule has 1 aliphatic carbocycles. The van der Waals surface area contributed by atoms with Gasteiger partial charge in [0, 0.05) is 11.2 Å². The summed E-state index contributed by atoms with van der Waals surface area (Å²) in [5.74, 6) is -0.457. The van der Waals surface area contributed by atoms with E-state index in [0.717, 1.165) is 18.5 Å². The third kappa shape index (κ3) is 1.69. The number of nitrogens with zero attached hydrogens (tertiary/aromatic N) is 1. The molecule has 3 heteroatoms. The molecule has 0 unspecified atom stereocenters. The predicted molar refractivity (Wildman–Crippen MR) is 52.4 cm³/mol. The molecule has 1 aromatic rings. The van der Waals surface area contributed by atoms with Gasteiger partial charge in [-0.1, -0.05) is 0 Å². The predicted octanol–water partition coefficient (Wildman–Crippen LogP) is 2.66. The Bertz CT molecular complexity index is 402. The number of benzene rings is 1. The molecule has 14 heavy (non-hydrogen) atoms. The van der Waals surface area contributed by atoms with Crippen molar-refractivity contribution in [1.82, 2.24) is 0 Å². The van der Waals surface area contributed by atoms with Gasteiger partial charge >= 0.3 is 0 Å². The Morgan fingerprint density at radius 1 is 1.50 bits per heavy atom. The zero-order chi connectivity index (χ0) is 10.2. The van der Waals surface area contributed by atoms with Crippen molar-refractivity contribution in [3.8, 4) is 6.07 Å². The molecule has 0 heterocycles. The van der Waals surface area contributed by atoms with E-state index in [1.54, 1.807) is 12.1 Å². The largest absolute Gasteiger partial charge is 0.380 e. The summed E-state index contributed by atoms with van der Waals surface area (Å²) in [7, 11) is 0. The molecule has 0 atom stereocenters. The van der Waals surface area contributed by atoms with Crippen molar-refractivity contribution < 1.29 is 4.39 Å². The molecule has 0 bridgehead atoms. The minimum Gasteiger partial charge on any atom is -0.380 e. The van der Waals surface area contributed by atoms with Gasteiger partial charge in [0.05, 0.1) is 5.56 Å². The van der Waals surface area contributed by atoms with E-state index in [-0.39, 0.29) is 11.1 Å². The minimum absolute atomic E-state index is 0.0940. The lowest BCUT2D eigenvalue weighted by Crippen LogP contribution is -2.15. The second-order valence-corrected chi connectivity index (χ2v) is 3.99. The Morgan fingerprint density at radius 3 is 2.71 bits per heavy atom. The van der Waals surface area contributed by atoms with Gasteiger partial charge in [-0.15, -0.1) is 0 Å². The van der Waals surface area contributed by atoms with Crippen molar-refractivity contribution in [2.24, 2.45) is 0 Å². The molecule has 1 saturated carbocycles. The maximum Gasteiger partial charge on any atom is 0.143 e. The van der Waals surface area contributed by atoms with Crippen LogP contribution in [0.25, 0.3) is 0 Å². The number of hydrogen-bond donors (Lipinski definition) is 1. The lowest BCUT2D eigenvalue weighted by molar-refractivity contribution is 0.624. The van der Waals surface area contributed by atoms with E-state index in [4.69, 9.17) is 5.26 Å². The van der Waals surface area contributed by atoms with Crippen LogP contribution in [-0.4, -0.2) is 5.54 Å². The summed E-state index contributed by atoms with van der Waals surface area (Å²) >= 11 is 0. The van der Waals surface area contributed by atoms with Crippen molar-refractivity contribution in [3.63, 3.8) is 0 Å². The number of halogens is 1. The highest BCUT2D eigenvalue weighted by molar-refractivity contribution is 5.50. The highest BCUT2D eigenvalue weighted by Gasteiger charge is 2.36. The van der Waals surface area contributed by atoms with Gasteiger partial charge in [0.25, 0.3) is 0 Å². The van der Waals surface area contributed by atoms with E-state index in [0.29, 0.717) is 0 Å². The zero-order valence-corrected chi connectivity index (χ0v) is 7.97. The Hall–Kier alpha value is -1.56. The average molecular weight is 190 g/mol. The van der Waals surface area contributed by atoms with Gasteiger partial charge in [0.15, 0.2) is 0 Å². The summed E-state index contributed by atoms with van der Waals surface area (Å²) in [6.07, 6.45) is 2.24. The summed E-state index contributed by atoms with van der Waals surface area (Å²) in [5, 5.41) is 11.8. The first-order valence-electron chi connectivity index (χ1n) is 4.61. The normalized spacial score (nSPS) is 17.2. The van der Waals surface area contributed by atoms with Crippen LogP contribution in [0, 0.1) is 17.1 Å². The van der Waals surface area contributed by atoms with Gasteiger partial charge in [-0.2, -0.15) is 5.26 Å². The Balaban J connectivity index is 2.21. The van der Waals surface area contributed by atoms with E-state index in [9.17, 15) is 4.39 Å². The first-order chi connectivity index (χ1) is 6.63. The quantitative estimate of drug-likeness (QED) is 0.778. The van der Waals surface area contributed by atoms with Crippen LogP contribution < -0.4 is 5.32 Å². The maximum atomic E-state index is 13.2. The van der Waals surface area contributed by atoms with Gasteiger partial charge < -0.3 is 5.32 Å². The molecule has 0 aliphatic heterocycles. The summed E-state index contributed by atoms with van der Waals surface area (Å²) < 4.78 is 13.2. The molecule has 0 aromatic heterocycles. The highest BCUT2D eigenvalue weighted by Crippen LogP contribution is 2.38. The summed E-state index contributed by atoms with van der Waals surface area (Å²) in [6, 6.07) is 6.42. The molecule has 0 radical (unpaired) electrons. The molecule has 0 spiro atoms. The van der Waals surface area contributed by atoms with E-state index in [1.807, 2.05) is 0 Å². The minimum atomic E-state index is -0.457. The molecule has 0 amide bonds. The maximum absolute atomic E-state index is 13.2. The van der Waals surface area contributed by atoms with Crippen LogP contribution in [0.15, 0.2) is 18.2 Å². The van der Waals surface area contributed by atoms with Crippen LogP contribution in [-0.2, 0) is 0 Å². The molecule has 2 nitrogen and oxygen atoms in total. The van der Waals surface area contributed by atoms with E-state index in [2.05, 4.69) is 12.2 Å². The topological polar surface area (TPSA) is 35.8 Å². The smallest absolute Gasteiger partial charge is 0.143 e. The SMILES string of the molecule is CC1(Nc2ccc(C#N)c(F)c2)CC1. The Morgan fingerprint density at radius 2 is 2.21 bits per heavy atom. The molecule has 72 valence electrons. The number of rotatable bonds is 2. The number of anilines is 1. The third-order valence-corrected chi connectivity index (χ3v) is 2.54. The van der Waals surface area contributed by atoms with Crippen molar-refractivity contribution in [3.05, 3.63) is 29.6 Å². The summed E-state index contributed by atoms with van der Waals surface area (Å²) in [5.41, 5.74) is 0.985. The lowest BCUT2D eigenvalue weighted by Gasteiger charge is -2.12. The second-order valence-electron chi connectivity index (χ2n) is 3.99. The fourth-order valence-electron chi connectivity index (χ4n) is 1.34. The highest BCUT2D eigenvalue weighted by atomic mass is 19.1. The zero-order valence-electron chi connectivity index (χ0n) is 7.97. The lowest BCUT2D eigenvalue weighted by atomic mass is 10.2. The van der Waals surface area contributed by atoms with E-state index >= 15 is 0 Å². The Kier molecular flexibility index (Phi) is 1.92. The van der Waals surface area contributed by atoms with E-state index < -0.39 is 5.82 Å². The van der Waals surface area contributed by atoms with Crippen LogP contribution in [0.3, 0.4) is 0 Å². The monoisotopic (exact) mass is 190 g/mol. The van der Waals surface area contributed by atoms with Crippen LogP contribution in [0.4, 0.5) is 10.1 Å². The fraction of sp³-hybridized carbons (Fsp3) is 0.364. The van der Waals surface area contributed by atoms with Crippen LogP contribution in [0.1, 0.15) is 25.3 Å². The molecular weight excluding hydrogens is 179 g/mol. The van der Waals surface area contributed by atoms with Crippen LogP contribution in [0.5, 0.6) is 0 Å². The van der Waals surface area contributed by atoms with Gasteiger partial charge in [0.2, 0.25) is 0 Å². The molecule has 1 aromatic carbocycles. The third-order valence-electron chi connectivity index (χ3n) is 2.54. The number of nitrogens with one attached hydrogen (secondary N) is 1.